The van der Waals surface area contributed by atoms with Crippen molar-refractivity contribution in [2.24, 2.45) is 0 Å². The third-order valence-electron chi connectivity index (χ3n) is 5.19. The monoisotopic (exact) mass is 499 g/mol. The molecule has 3 aromatic carbocycles. The number of amides is 2. The molecule has 174 valence electrons. The molecule has 34 heavy (non-hydrogen) atoms. The molecule has 1 N–H and O–H groups in total. The number of para-hydroxylation sites is 2. The molecular formula is C24H19ClFN3O4S. The smallest absolute Gasteiger partial charge is 0.264 e. The summed E-state index contributed by atoms with van der Waals surface area (Å²) in [6.45, 7) is 3.25. The van der Waals surface area contributed by atoms with Crippen molar-refractivity contribution >= 4 is 50.5 Å². The Morgan fingerprint density at radius 3 is 2.59 bits per heavy atom. The minimum absolute atomic E-state index is 0.00278. The van der Waals surface area contributed by atoms with Crippen LogP contribution in [0, 0.1) is 5.82 Å². The summed E-state index contributed by atoms with van der Waals surface area (Å²) >= 11 is 6.27. The summed E-state index contributed by atoms with van der Waals surface area (Å²) in [7, 11) is -4.10. The van der Waals surface area contributed by atoms with Crippen LogP contribution in [0.5, 0.6) is 0 Å². The van der Waals surface area contributed by atoms with Crippen LogP contribution in [-0.2, 0) is 14.8 Å². The summed E-state index contributed by atoms with van der Waals surface area (Å²) in [6, 6.07) is 16.2. The maximum atomic E-state index is 14.2. The summed E-state index contributed by atoms with van der Waals surface area (Å²) in [5, 5.41) is 2.40. The molecule has 1 aliphatic rings. The molecule has 0 aromatic heterocycles. The number of rotatable bonds is 6. The van der Waals surface area contributed by atoms with E-state index in [4.69, 9.17) is 11.6 Å². The molecule has 0 unspecified atom stereocenters. The summed E-state index contributed by atoms with van der Waals surface area (Å²) in [5.41, 5.74) is 0.293. The number of fused-ring (bicyclic) bond motifs is 1. The number of nitrogens with one attached hydrogen (secondary N) is 1. The van der Waals surface area contributed by atoms with Gasteiger partial charge in [-0.15, -0.1) is 6.58 Å². The normalized spacial score (nSPS) is 13.1. The van der Waals surface area contributed by atoms with Crippen LogP contribution in [0.2, 0.25) is 5.02 Å². The molecule has 1 heterocycles. The fourth-order valence-corrected chi connectivity index (χ4v) is 5.27. The molecule has 0 spiro atoms. The standard InChI is InChI=1S/C24H19ClFN3O4S/c1-2-13-29(16-7-4-3-5-8-16)34(32,33)17-11-12-19(25)18(14-17)24(31)28-15-22(30)27-23-20(26)9-6-10-21(23)28/h2-12,14H,1,13,15H2,(H,27,30). The Bertz CT molecular complexity index is 1400. The molecule has 10 heteroatoms. The number of hydrogen-bond donors (Lipinski definition) is 1. The van der Waals surface area contributed by atoms with Gasteiger partial charge in [-0.3, -0.25) is 18.8 Å². The highest BCUT2D eigenvalue weighted by atomic mass is 35.5. The number of nitrogens with zero attached hydrogens (tertiary/aromatic N) is 2. The Hall–Kier alpha value is -3.69. The van der Waals surface area contributed by atoms with E-state index < -0.39 is 27.7 Å². The lowest BCUT2D eigenvalue weighted by molar-refractivity contribution is -0.115. The van der Waals surface area contributed by atoms with Gasteiger partial charge in [0.15, 0.2) is 0 Å². The number of halogens is 2. The highest BCUT2D eigenvalue weighted by molar-refractivity contribution is 7.92. The van der Waals surface area contributed by atoms with Crippen molar-refractivity contribution in [1.29, 1.82) is 0 Å². The van der Waals surface area contributed by atoms with E-state index in [-0.39, 0.29) is 39.9 Å². The van der Waals surface area contributed by atoms with E-state index in [1.165, 1.54) is 30.3 Å². The Kier molecular flexibility index (Phi) is 6.41. The molecule has 0 bridgehead atoms. The molecule has 1 aliphatic heterocycles. The largest absolute Gasteiger partial charge is 0.320 e. The molecule has 0 aliphatic carbocycles. The number of sulfonamides is 1. The summed E-state index contributed by atoms with van der Waals surface area (Å²) in [4.78, 5) is 26.4. The lowest BCUT2D eigenvalue weighted by Crippen LogP contribution is -2.42. The molecule has 2 amide bonds. The van der Waals surface area contributed by atoms with Crippen molar-refractivity contribution in [1.82, 2.24) is 0 Å². The van der Waals surface area contributed by atoms with Gasteiger partial charge in [-0.2, -0.15) is 0 Å². The lowest BCUT2D eigenvalue weighted by atomic mass is 10.1. The number of hydrogen-bond acceptors (Lipinski definition) is 4. The first-order valence-corrected chi connectivity index (χ1v) is 11.9. The Labute approximate surface area is 201 Å². The molecule has 0 radical (unpaired) electrons. The van der Waals surface area contributed by atoms with Crippen molar-refractivity contribution in [3.8, 4) is 0 Å². The number of carbonyl (C=O) groups excluding carboxylic acids is 2. The summed E-state index contributed by atoms with van der Waals surface area (Å²) < 4.78 is 42.3. The second kappa shape index (κ2) is 9.28. The molecule has 0 fully saturated rings. The van der Waals surface area contributed by atoms with Crippen molar-refractivity contribution in [2.45, 2.75) is 4.90 Å². The third-order valence-corrected chi connectivity index (χ3v) is 7.31. The van der Waals surface area contributed by atoms with Gasteiger partial charge in [0.2, 0.25) is 5.91 Å². The molecule has 0 saturated heterocycles. The van der Waals surface area contributed by atoms with Gasteiger partial charge in [-0.25, -0.2) is 12.8 Å². The first kappa shape index (κ1) is 23.5. The minimum Gasteiger partial charge on any atom is -0.320 e. The molecule has 7 nitrogen and oxygen atoms in total. The zero-order chi connectivity index (χ0) is 24.5. The highest BCUT2D eigenvalue weighted by Gasteiger charge is 2.32. The van der Waals surface area contributed by atoms with E-state index >= 15 is 0 Å². The molecule has 0 saturated carbocycles. The zero-order valence-corrected chi connectivity index (χ0v) is 19.3. The van der Waals surface area contributed by atoms with Crippen LogP contribution in [0.15, 0.2) is 84.3 Å². The van der Waals surface area contributed by atoms with E-state index in [0.717, 1.165) is 21.3 Å². The second-order valence-electron chi connectivity index (χ2n) is 7.38. The first-order chi connectivity index (χ1) is 16.2. The number of carbonyl (C=O) groups is 2. The van der Waals surface area contributed by atoms with Gasteiger partial charge in [0.25, 0.3) is 15.9 Å². The number of anilines is 3. The van der Waals surface area contributed by atoms with Crippen LogP contribution < -0.4 is 14.5 Å². The Balaban J connectivity index is 1.77. The Morgan fingerprint density at radius 1 is 1.15 bits per heavy atom. The average Bonchev–Trinajstić information content (AvgIpc) is 2.83. The fourth-order valence-electron chi connectivity index (χ4n) is 3.61. The van der Waals surface area contributed by atoms with Crippen molar-refractivity contribution < 1.29 is 22.4 Å². The maximum Gasteiger partial charge on any atom is 0.264 e. The van der Waals surface area contributed by atoms with Gasteiger partial charge >= 0.3 is 0 Å². The van der Waals surface area contributed by atoms with E-state index in [9.17, 15) is 22.4 Å². The molecular weight excluding hydrogens is 481 g/mol. The highest BCUT2D eigenvalue weighted by Crippen LogP contribution is 2.34. The third kappa shape index (κ3) is 4.27. The van der Waals surface area contributed by atoms with Crippen molar-refractivity contribution in [3.63, 3.8) is 0 Å². The fraction of sp³-hybridized carbons (Fsp3) is 0.0833. The van der Waals surface area contributed by atoms with Crippen molar-refractivity contribution in [2.75, 3.05) is 27.6 Å². The van der Waals surface area contributed by atoms with Crippen LogP contribution in [-0.4, -0.2) is 33.3 Å². The quantitative estimate of drug-likeness (QED) is 0.507. The second-order valence-corrected chi connectivity index (χ2v) is 9.64. The van der Waals surface area contributed by atoms with Gasteiger partial charge in [-0.05, 0) is 42.5 Å². The van der Waals surface area contributed by atoms with Crippen LogP contribution in [0.25, 0.3) is 0 Å². The molecule has 0 atom stereocenters. The maximum absolute atomic E-state index is 14.2. The summed E-state index contributed by atoms with van der Waals surface area (Å²) in [5.74, 6) is -2.03. The Morgan fingerprint density at radius 2 is 1.88 bits per heavy atom. The van der Waals surface area contributed by atoms with E-state index in [2.05, 4.69) is 11.9 Å². The molecule has 3 aromatic rings. The molecule has 4 rings (SSSR count). The predicted molar refractivity (Wildman–Crippen MR) is 129 cm³/mol. The van der Waals surface area contributed by atoms with E-state index in [1.54, 1.807) is 30.3 Å². The van der Waals surface area contributed by atoms with Crippen LogP contribution in [0.1, 0.15) is 10.4 Å². The predicted octanol–water partition coefficient (Wildman–Crippen LogP) is 4.46. The van der Waals surface area contributed by atoms with Gasteiger partial charge in [-0.1, -0.05) is 41.9 Å². The zero-order valence-electron chi connectivity index (χ0n) is 17.7. The van der Waals surface area contributed by atoms with Gasteiger partial charge in [0.1, 0.15) is 18.0 Å². The van der Waals surface area contributed by atoms with Crippen LogP contribution >= 0.6 is 11.6 Å². The minimum atomic E-state index is -4.10. The van der Waals surface area contributed by atoms with Gasteiger partial charge in [0.05, 0.1) is 33.4 Å². The van der Waals surface area contributed by atoms with Gasteiger partial charge in [0, 0.05) is 0 Å². The van der Waals surface area contributed by atoms with Gasteiger partial charge < -0.3 is 5.32 Å². The topological polar surface area (TPSA) is 86.8 Å². The van der Waals surface area contributed by atoms with Crippen molar-refractivity contribution in [3.05, 3.63) is 95.8 Å². The first-order valence-electron chi connectivity index (χ1n) is 10.1. The SMILES string of the molecule is C=CCN(c1ccccc1)S(=O)(=O)c1ccc(Cl)c(C(=O)N2CC(=O)Nc3c(F)cccc32)c1. The summed E-state index contributed by atoms with van der Waals surface area (Å²) in [6.07, 6.45) is 1.45. The lowest BCUT2D eigenvalue weighted by Gasteiger charge is -2.30. The number of benzene rings is 3. The van der Waals surface area contributed by atoms with E-state index in [1.807, 2.05) is 0 Å². The van der Waals surface area contributed by atoms with Crippen LogP contribution in [0.4, 0.5) is 21.5 Å². The van der Waals surface area contributed by atoms with E-state index in [0.29, 0.717) is 5.69 Å². The average molecular weight is 500 g/mol. The van der Waals surface area contributed by atoms with Crippen LogP contribution in [0.3, 0.4) is 0 Å².